The standard InChI is InChI=1S/C11H8ClN5O3S/c12-6-1-7-10(13-2-6)17(3-8-14-5-20-16-8)11(15-7)21-4-9(18)19/h1-2,5H,3-4H2,(H,18,19). The van der Waals surface area contributed by atoms with Crippen LogP contribution in [0.2, 0.25) is 5.02 Å². The van der Waals surface area contributed by atoms with Crippen molar-refractivity contribution in [3.05, 3.63) is 29.5 Å². The Kier molecular flexibility index (Phi) is 3.76. The molecule has 1 N–H and O–H groups in total. The molecule has 0 aliphatic rings. The number of rotatable bonds is 5. The lowest BCUT2D eigenvalue weighted by atomic mass is 10.4. The second-order valence-electron chi connectivity index (χ2n) is 4.01. The van der Waals surface area contributed by atoms with Crippen molar-refractivity contribution < 1.29 is 14.4 Å². The molecule has 3 aromatic rings. The van der Waals surface area contributed by atoms with E-state index in [1.807, 2.05) is 0 Å². The summed E-state index contributed by atoms with van der Waals surface area (Å²) in [4.78, 5) is 23.3. The lowest BCUT2D eigenvalue weighted by Gasteiger charge is -2.04. The smallest absolute Gasteiger partial charge is 0.313 e. The van der Waals surface area contributed by atoms with Gasteiger partial charge in [-0.05, 0) is 6.07 Å². The van der Waals surface area contributed by atoms with Gasteiger partial charge in [-0.3, -0.25) is 9.36 Å². The summed E-state index contributed by atoms with van der Waals surface area (Å²) in [5.74, 6) is -0.587. The molecule has 0 atom stereocenters. The minimum absolute atomic E-state index is 0.108. The highest BCUT2D eigenvalue weighted by Gasteiger charge is 2.16. The van der Waals surface area contributed by atoms with Crippen molar-refractivity contribution in [2.75, 3.05) is 5.75 Å². The van der Waals surface area contributed by atoms with Crippen LogP contribution >= 0.6 is 23.4 Å². The Morgan fingerprint density at radius 2 is 2.33 bits per heavy atom. The number of pyridine rings is 1. The molecule has 0 amide bonds. The molecule has 0 spiro atoms. The van der Waals surface area contributed by atoms with Gasteiger partial charge in [-0.25, -0.2) is 9.97 Å². The van der Waals surface area contributed by atoms with E-state index in [1.165, 1.54) is 12.6 Å². The molecule has 0 bridgehead atoms. The van der Waals surface area contributed by atoms with E-state index in [9.17, 15) is 4.79 Å². The fraction of sp³-hybridized carbons (Fsp3) is 0.182. The topological polar surface area (TPSA) is 107 Å². The molecular formula is C11H8ClN5O3S. The largest absolute Gasteiger partial charge is 0.481 e. The van der Waals surface area contributed by atoms with Gasteiger partial charge in [-0.1, -0.05) is 28.5 Å². The number of hydrogen-bond acceptors (Lipinski definition) is 7. The summed E-state index contributed by atoms with van der Waals surface area (Å²) in [7, 11) is 0. The van der Waals surface area contributed by atoms with Crippen molar-refractivity contribution in [1.29, 1.82) is 0 Å². The van der Waals surface area contributed by atoms with Crippen molar-refractivity contribution >= 4 is 40.5 Å². The number of carbonyl (C=O) groups is 1. The van der Waals surface area contributed by atoms with Gasteiger partial charge in [-0.2, -0.15) is 4.98 Å². The SMILES string of the molecule is O=C(O)CSc1nc2cc(Cl)cnc2n1Cc1ncon1. The van der Waals surface area contributed by atoms with Crippen molar-refractivity contribution in [2.24, 2.45) is 0 Å². The second-order valence-corrected chi connectivity index (χ2v) is 5.39. The van der Waals surface area contributed by atoms with Crippen LogP contribution in [0.25, 0.3) is 11.2 Å². The minimum Gasteiger partial charge on any atom is -0.481 e. The Bertz CT molecular complexity index is 789. The number of fused-ring (bicyclic) bond motifs is 1. The van der Waals surface area contributed by atoms with Crippen LogP contribution in [0, 0.1) is 0 Å². The normalized spacial score (nSPS) is 11.1. The minimum atomic E-state index is -0.927. The number of hydrogen-bond donors (Lipinski definition) is 1. The highest BCUT2D eigenvalue weighted by molar-refractivity contribution is 7.99. The number of imidazole rings is 1. The molecule has 21 heavy (non-hydrogen) atoms. The van der Waals surface area contributed by atoms with Crippen LogP contribution in [0.4, 0.5) is 0 Å². The first-order valence-electron chi connectivity index (χ1n) is 5.75. The predicted octanol–water partition coefficient (Wildman–Crippen LogP) is 1.69. The molecule has 3 rings (SSSR count). The molecule has 0 fully saturated rings. The van der Waals surface area contributed by atoms with Crippen LogP contribution in [0.3, 0.4) is 0 Å². The quantitative estimate of drug-likeness (QED) is 0.706. The number of aromatic nitrogens is 5. The maximum absolute atomic E-state index is 10.7. The third-order valence-corrected chi connectivity index (χ3v) is 3.72. The molecule has 0 aliphatic carbocycles. The van der Waals surface area contributed by atoms with E-state index in [4.69, 9.17) is 21.2 Å². The van der Waals surface area contributed by atoms with E-state index in [0.29, 0.717) is 27.2 Å². The zero-order chi connectivity index (χ0) is 14.8. The zero-order valence-corrected chi connectivity index (χ0v) is 12.0. The average Bonchev–Trinajstić information content (AvgIpc) is 3.05. The Morgan fingerprint density at radius 1 is 1.48 bits per heavy atom. The maximum atomic E-state index is 10.7. The Hall–Kier alpha value is -2.13. The first-order valence-corrected chi connectivity index (χ1v) is 7.11. The van der Waals surface area contributed by atoms with Gasteiger partial charge >= 0.3 is 5.97 Å². The van der Waals surface area contributed by atoms with Crippen molar-refractivity contribution in [1.82, 2.24) is 24.7 Å². The number of carboxylic acids is 1. The van der Waals surface area contributed by atoms with Crippen LogP contribution in [-0.4, -0.2) is 41.5 Å². The molecule has 3 heterocycles. The van der Waals surface area contributed by atoms with Gasteiger partial charge in [0, 0.05) is 6.20 Å². The zero-order valence-electron chi connectivity index (χ0n) is 10.4. The first-order chi connectivity index (χ1) is 10.1. The van der Waals surface area contributed by atoms with Crippen LogP contribution in [0.5, 0.6) is 0 Å². The van der Waals surface area contributed by atoms with Crippen molar-refractivity contribution in [3.63, 3.8) is 0 Å². The van der Waals surface area contributed by atoms with Gasteiger partial charge in [0.2, 0.25) is 6.39 Å². The average molecular weight is 326 g/mol. The lowest BCUT2D eigenvalue weighted by Crippen LogP contribution is -2.06. The third-order valence-electron chi connectivity index (χ3n) is 2.55. The highest BCUT2D eigenvalue weighted by atomic mass is 35.5. The van der Waals surface area contributed by atoms with E-state index in [-0.39, 0.29) is 12.3 Å². The van der Waals surface area contributed by atoms with Gasteiger partial charge in [-0.15, -0.1) is 0 Å². The Balaban J connectivity index is 2.03. The number of nitrogens with zero attached hydrogens (tertiary/aromatic N) is 5. The fourth-order valence-corrected chi connectivity index (χ4v) is 2.62. The molecule has 0 aromatic carbocycles. The van der Waals surface area contributed by atoms with Gasteiger partial charge in [0.1, 0.15) is 5.52 Å². The predicted molar refractivity (Wildman–Crippen MR) is 74.3 cm³/mol. The van der Waals surface area contributed by atoms with E-state index in [1.54, 1.807) is 10.6 Å². The second kappa shape index (κ2) is 5.70. The van der Waals surface area contributed by atoms with E-state index < -0.39 is 5.97 Å². The summed E-state index contributed by atoms with van der Waals surface area (Å²) in [6, 6.07) is 1.67. The number of aliphatic carboxylic acids is 1. The van der Waals surface area contributed by atoms with Crippen molar-refractivity contribution in [2.45, 2.75) is 11.7 Å². The van der Waals surface area contributed by atoms with Crippen molar-refractivity contribution in [3.8, 4) is 0 Å². The number of carboxylic acid groups (broad SMARTS) is 1. The van der Waals surface area contributed by atoms with E-state index >= 15 is 0 Å². The van der Waals surface area contributed by atoms with E-state index in [0.717, 1.165) is 11.8 Å². The molecule has 10 heteroatoms. The summed E-state index contributed by atoms with van der Waals surface area (Å²) in [5, 5.41) is 13.5. The molecule has 0 unspecified atom stereocenters. The van der Waals surface area contributed by atoms with Gasteiger partial charge in [0.25, 0.3) is 0 Å². The molecular weight excluding hydrogens is 318 g/mol. The molecule has 0 aliphatic heterocycles. The summed E-state index contributed by atoms with van der Waals surface area (Å²) < 4.78 is 6.42. The summed E-state index contributed by atoms with van der Waals surface area (Å²) in [5.41, 5.74) is 1.16. The highest BCUT2D eigenvalue weighted by Crippen LogP contribution is 2.25. The fourth-order valence-electron chi connectivity index (χ4n) is 1.75. The van der Waals surface area contributed by atoms with Gasteiger partial charge < -0.3 is 9.63 Å². The lowest BCUT2D eigenvalue weighted by molar-refractivity contribution is -0.133. The van der Waals surface area contributed by atoms with Gasteiger partial charge in [0.15, 0.2) is 16.6 Å². The molecule has 0 radical (unpaired) electrons. The van der Waals surface area contributed by atoms with E-state index in [2.05, 4.69) is 20.1 Å². The van der Waals surface area contributed by atoms with Crippen LogP contribution in [0.15, 0.2) is 28.3 Å². The summed E-state index contributed by atoms with van der Waals surface area (Å²) in [6.07, 6.45) is 2.73. The van der Waals surface area contributed by atoms with Crippen LogP contribution in [0.1, 0.15) is 5.82 Å². The monoisotopic (exact) mass is 325 g/mol. The molecule has 8 nitrogen and oxygen atoms in total. The molecule has 0 saturated carbocycles. The van der Waals surface area contributed by atoms with Crippen LogP contribution < -0.4 is 0 Å². The molecule has 108 valence electrons. The summed E-state index contributed by atoms with van der Waals surface area (Å²) >= 11 is 6.99. The third kappa shape index (κ3) is 2.98. The maximum Gasteiger partial charge on any atom is 0.313 e. The Morgan fingerprint density at radius 3 is 3.05 bits per heavy atom. The Labute approximate surface area is 127 Å². The van der Waals surface area contributed by atoms with Gasteiger partial charge in [0.05, 0.1) is 17.3 Å². The molecule has 3 aromatic heterocycles. The summed E-state index contributed by atoms with van der Waals surface area (Å²) in [6.45, 7) is 0.281. The van der Waals surface area contributed by atoms with Crippen LogP contribution in [-0.2, 0) is 11.3 Å². The molecule has 0 saturated heterocycles. The number of thioether (sulfide) groups is 1. The number of halogens is 1. The first kappa shape index (κ1) is 13.8.